The van der Waals surface area contributed by atoms with Gasteiger partial charge in [0, 0.05) is 6.20 Å². The van der Waals surface area contributed by atoms with Crippen molar-refractivity contribution < 1.29 is 14.3 Å². The molecular formula is C12H8N2O3S. The second-order valence-electron chi connectivity index (χ2n) is 3.35. The number of carboxylic acid groups (broad SMARTS) is 1. The molecule has 0 amide bonds. The van der Waals surface area contributed by atoms with Gasteiger partial charge >= 0.3 is 5.97 Å². The molecule has 0 fully saturated rings. The maximum absolute atomic E-state index is 10.6. The van der Waals surface area contributed by atoms with Gasteiger partial charge in [-0.3, -0.25) is 0 Å². The van der Waals surface area contributed by atoms with Gasteiger partial charge in [0.2, 0.25) is 5.76 Å². The fourth-order valence-corrected chi connectivity index (χ4v) is 2.06. The van der Waals surface area contributed by atoms with Crippen molar-refractivity contribution in [3.05, 3.63) is 47.5 Å². The van der Waals surface area contributed by atoms with E-state index >= 15 is 0 Å². The van der Waals surface area contributed by atoms with Crippen molar-refractivity contribution in [2.45, 2.75) is 10.8 Å². The number of rotatable bonds is 4. The molecule has 5 nitrogen and oxygen atoms in total. The van der Waals surface area contributed by atoms with E-state index in [2.05, 4.69) is 4.98 Å². The first-order chi connectivity index (χ1) is 8.69. The van der Waals surface area contributed by atoms with Gasteiger partial charge in [0.15, 0.2) is 0 Å². The molecule has 0 radical (unpaired) electrons. The Kier molecular flexibility index (Phi) is 3.65. The SMILES string of the molecule is N#Cc1ccnc(SCc2ccc(C(=O)O)o2)c1. The predicted molar refractivity (Wildman–Crippen MR) is 64.2 cm³/mol. The first-order valence-corrected chi connectivity index (χ1v) is 5.98. The first kappa shape index (κ1) is 12.2. The minimum Gasteiger partial charge on any atom is -0.475 e. The van der Waals surface area contributed by atoms with Crippen LogP contribution < -0.4 is 0 Å². The lowest BCUT2D eigenvalue weighted by atomic mass is 10.3. The van der Waals surface area contributed by atoms with Crippen molar-refractivity contribution in [3.8, 4) is 6.07 Å². The molecule has 0 aliphatic rings. The van der Waals surface area contributed by atoms with Crippen molar-refractivity contribution in [3.63, 3.8) is 0 Å². The average Bonchev–Trinajstić information content (AvgIpc) is 2.85. The van der Waals surface area contributed by atoms with Gasteiger partial charge in [0.05, 0.1) is 22.4 Å². The molecule has 2 aromatic heterocycles. The van der Waals surface area contributed by atoms with Gasteiger partial charge in [-0.1, -0.05) is 11.8 Å². The van der Waals surface area contributed by atoms with E-state index < -0.39 is 5.97 Å². The Bertz CT molecular complexity index is 616. The summed E-state index contributed by atoms with van der Waals surface area (Å²) in [6, 6.07) is 8.36. The van der Waals surface area contributed by atoms with Gasteiger partial charge in [-0.2, -0.15) is 5.26 Å². The van der Waals surface area contributed by atoms with E-state index in [9.17, 15) is 4.79 Å². The fourth-order valence-electron chi connectivity index (χ4n) is 1.27. The molecule has 2 rings (SSSR count). The summed E-state index contributed by atoms with van der Waals surface area (Å²) < 4.78 is 5.11. The smallest absolute Gasteiger partial charge is 0.371 e. The Morgan fingerprint density at radius 1 is 1.50 bits per heavy atom. The molecule has 0 spiro atoms. The quantitative estimate of drug-likeness (QED) is 0.850. The number of nitriles is 1. The summed E-state index contributed by atoms with van der Waals surface area (Å²) in [6.07, 6.45) is 1.56. The molecule has 0 atom stereocenters. The van der Waals surface area contributed by atoms with E-state index in [0.717, 1.165) is 0 Å². The second kappa shape index (κ2) is 5.38. The number of hydrogen-bond acceptors (Lipinski definition) is 5. The third kappa shape index (κ3) is 2.90. The lowest BCUT2D eigenvalue weighted by molar-refractivity contribution is 0.0661. The molecule has 0 unspecified atom stereocenters. The average molecular weight is 260 g/mol. The highest BCUT2D eigenvalue weighted by atomic mass is 32.2. The van der Waals surface area contributed by atoms with Crippen molar-refractivity contribution in [2.24, 2.45) is 0 Å². The largest absolute Gasteiger partial charge is 0.475 e. The molecule has 0 aliphatic heterocycles. The molecule has 2 heterocycles. The molecule has 18 heavy (non-hydrogen) atoms. The topological polar surface area (TPSA) is 87.1 Å². The van der Waals surface area contributed by atoms with Gasteiger partial charge in [0.1, 0.15) is 5.76 Å². The third-order valence-corrected chi connectivity index (χ3v) is 3.05. The van der Waals surface area contributed by atoms with Gasteiger partial charge in [-0.25, -0.2) is 9.78 Å². The van der Waals surface area contributed by atoms with Crippen molar-refractivity contribution >= 4 is 17.7 Å². The van der Waals surface area contributed by atoms with E-state index in [-0.39, 0.29) is 5.76 Å². The summed E-state index contributed by atoms with van der Waals surface area (Å²) in [5.74, 6) is -0.142. The van der Waals surface area contributed by atoms with Crippen LogP contribution in [0.2, 0.25) is 0 Å². The number of hydrogen-bond donors (Lipinski definition) is 1. The molecule has 0 saturated heterocycles. The van der Waals surface area contributed by atoms with Crippen LogP contribution in [0.25, 0.3) is 0 Å². The summed E-state index contributed by atoms with van der Waals surface area (Å²) in [4.78, 5) is 14.7. The zero-order valence-electron chi connectivity index (χ0n) is 9.16. The number of carbonyl (C=O) groups is 1. The molecule has 0 aromatic carbocycles. The van der Waals surface area contributed by atoms with Gasteiger partial charge in [-0.05, 0) is 24.3 Å². The molecule has 0 saturated carbocycles. The minimum atomic E-state index is -1.09. The highest BCUT2D eigenvalue weighted by Crippen LogP contribution is 2.22. The lowest BCUT2D eigenvalue weighted by Crippen LogP contribution is -1.91. The van der Waals surface area contributed by atoms with Crippen molar-refractivity contribution in [1.29, 1.82) is 5.26 Å². The second-order valence-corrected chi connectivity index (χ2v) is 4.35. The first-order valence-electron chi connectivity index (χ1n) is 5.00. The number of furan rings is 1. The summed E-state index contributed by atoms with van der Waals surface area (Å²) in [7, 11) is 0. The highest BCUT2D eigenvalue weighted by molar-refractivity contribution is 7.98. The van der Waals surface area contributed by atoms with Crippen LogP contribution in [0, 0.1) is 11.3 Å². The number of pyridine rings is 1. The predicted octanol–water partition coefficient (Wildman–Crippen LogP) is 2.54. The third-order valence-electron chi connectivity index (χ3n) is 2.10. The Morgan fingerprint density at radius 2 is 2.33 bits per heavy atom. The van der Waals surface area contributed by atoms with Crippen LogP contribution in [0.4, 0.5) is 0 Å². The molecule has 90 valence electrons. The number of aromatic nitrogens is 1. The minimum absolute atomic E-state index is 0.0793. The van der Waals surface area contributed by atoms with Crippen LogP contribution in [0.15, 0.2) is 39.9 Å². The molecule has 1 N–H and O–H groups in total. The summed E-state index contributed by atoms with van der Waals surface area (Å²) in [5, 5.41) is 18.1. The Hall–Kier alpha value is -2.26. The Labute approximate surface area is 107 Å². The zero-order chi connectivity index (χ0) is 13.0. The highest BCUT2D eigenvalue weighted by Gasteiger charge is 2.09. The van der Waals surface area contributed by atoms with Gasteiger partial charge in [0.25, 0.3) is 0 Å². The molecule has 2 aromatic rings. The van der Waals surface area contributed by atoms with Crippen LogP contribution in [0.5, 0.6) is 0 Å². The monoisotopic (exact) mass is 260 g/mol. The molecular weight excluding hydrogens is 252 g/mol. The Morgan fingerprint density at radius 3 is 3.00 bits per heavy atom. The number of aromatic carboxylic acids is 1. The van der Waals surface area contributed by atoms with E-state index in [1.165, 1.54) is 17.8 Å². The molecule has 6 heteroatoms. The normalized spacial score (nSPS) is 9.94. The van der Waals surface area contributed by atoms with Crippen LogP contribution in [-0.2, 0) is 5.75 Å². The van der Waals surface area contributed by atoms with E-state index in [0.29, 0.717) is 22.1 Å². The summed E-state index contributed by atoms with van der Waals surface area (Å²) in [6.45, 7) is 0. The summed E-state index contributed by atoms with van der Waals surface area (Å²) in [5.41, 5.74) is 0.540. The zero-order valence-corrected chi connectivity index (χ0v) is 9.98. The van der Waals surface area contributed by atoms with Crippen molar-refractivity contribution in [2.75, 3.05) is 0 Å². The molecule has 0 bridgehead atoms. The van der Waals surface area contributed by atoms with Crippen LogP contribution in [-0.4, -0.2) is 16.1 Å². The van der Waals surface area contributed by atoms with E-state index in [1.807, 2.05) is 6.07 Å². The van der Waals surface area contributed by atoms with E-state index in [1.54, 1.807) is 24.4 Å². The van der Waals surface area contributed by atoms with E-state index in [4.69, 9.17) is 14.8 Å². The number of carboxylic acids is 1. The molecule has 0 aliphatic carbocycles. The Balaban J connectivity index is 2.02. The lowest BCUT2D eigenvalue weighted by Gasteiger charge is -1.98. The van der Waals surface area contributed by atoms with Crippen LogP contribution in [0.3, 0.4) is 0 Å². The van der Waals surface area contributed by atoms with Gasteiger partial charge < -0.3 is 9.52 Å². The fraction of sp³-hybridized carbons (Fsp3) is 0.0833. The maximum Gasteiger partial charge on any atom is 0.371 e. The van der Waals surface area contributed by atoms with Crippen LogP contribution in [0.1, 0.15) is 21.9 Å². The standard InChI is InChI=1S/C12H8N2O3S/c13-6-8-3-4-14-11(5-8)18-7-9-1-2-10(17-9)12(15)16/h1-5H,7H2,(H,15,16). The van der Waals surface area contributed by atoms with Crippen LogP contribution >= 0.6 is 11.8 Å². The summed E-state index contributed by atoms with van der Waals surface area (Å²) >= 11 is 1.38. The number of thioether (sulfide) groups is 1. The van der Waals surface area contributed by atoms with Gasteiger partial charge in [-0.15, -0.1) is 0 Å². The number of nitrogens with zero attached hydrogens (tertiary/aromatic N) is 2. The van der Waals surface area contributed by atoms with Crippen molar-refractivity contribution in [1.82, 2.24) is 4.98 Å². The maximum atomic E-state index is 10.6.